The molecule has 0 saturated heterocycles. The van der Waals surface area contributed by atoms with Gasteiger partial charge in [-0.1, -0.05) is 53.9 Å². The number of benzene rings is 3. The molecule has 0 bridgehead atoms. The van der Waals surface area contributed by atoms with Crippen LogP contribution in [0.5, 0.6) is 11.5 Å². The van der Waals surface area contributed by atoms with Crippen molar-refractivity contribution in [3.63, 3.8) is 0 Å². The van der Waals surface area contributed by atoms with Crippen molar-refractivity contribution in [3.05, 3.63) is 94.5 Å². The van der Waals surface area contributed by atoms with E-state index in [2.05, 4.69) is 11.8 Å². The largest absolute Gasteiger partial charge is 0.493 e. The van der Waals surface area contributed by atoms with Gasteiger partial charge in [0.05, 0.1) is 14.2 Å². The van der Waals surface area contributed by atoms with Gasteiger partial charge in [0.25, 0.3) is 0 Å². The van der Waals surface area contributed by atoms with Gasteiger partial charge in [0.15, 0.2) is 11.5 Å². The number of ether oxygens (including phenoxy) is 2. The van der Waals surface area contributed by atoms with Gasteiger partial charge in [0.1, 0.15) is 0 Å². The molecule has 0 radical (unpaired) electrons. The van der Waals surface area contributed by atoms with E-state index in [4.69, 9.17) is 21.1 Å². The number of hydrogen-bond acceptors (Lipinski definition) is 4. The van der Waals surface area contributed by atoms with E-state index in [1.165, 1.54) is 20.3 Å². The average molecular weight is 407 g/mol. The van der Waals surface area contributed by atoms with Crippen LogP contribution in [0.3, 0.4) is 0 Å². The smallest absolute Gasteiger partial charge is 0.216 e. The third kappa shape index (κ3) is 4.27. The van der Waals surface area contributed by atoms with E-state index < -0.39 is 11.4 Å². The van der Waals surface area contributed by atoms with Gasteiger partial charge in [-0.15, -0.1) is 0 Å². The number of ketones is 1. The average Bonchev–Trinajstić information content (AvgIpc) is 2.77. The monoisotopic (exact) mass is 406 g/mol. The topological polar surface area (TPSA) is 55.8 Å². The standard InChI is InChI=1S/C24H19ClO4/c1-28-21-13-12-18(16-22(21)29-2)23(26)24(27,19-10-6-7-11-20(19)25)15-14-17-8-4-3-5-9-17/h3-13,16,27H,1-2H3/t24-/m1/s1. The Balaban J connectivity index is 2.14. The quantitative estimate of drug-likeness (QED) is 0.501. The second kappa shape index (κ2) is 8.83. The van der Waals surface area contributed by atoms with Crippen LogP contribution in [-0.2, 0) is 5.60 Å². The molecule has 0 aliphatic carbocycles. The number of aliphatic hydroxyl groups is 1. The Morgan fingerprint density at radius 2 is 1.59 bits per heavy atom. The van der Waals surface area contributed by atoms with E-state index in [0.29, 0.717) is 17.1 Å². The van der Waals surface area contributed by atoms with E-state index in [1.807, 2.05) is 18.2 Å². The molecule has 0 fully saturated rings. The van der Waals surface area contributed by atoms with Crippen LogP contribution >= 0.6 is 11.6 Å². The zero-order valence-corrected chi connectivity index (χ0v) is 16.7. The molecule has 0 aliphatic heterocycles. The first-order valence-electron chi connectivity index (χ1n) is 8.82. The third-order valence-electron chi connectivity index (χ3n) is 4.40. The Morgan fingerprint density at radius 3 is 2.24 bits per heavy atom. The summed E-state index contributed by atoms with van der Waals surface area (Å²) in [7, 11) is 2.98. The summed E-state index contributed by atoms with van der Waals surface area (Å²) < 4.78 is 10.5. The fraction of sp³-hybridized carbons (Fsp3) is 0.125. The Kier molecular flexibility index (Phi) is 6.23. The molecule has 5 heteroatoms. The summed E-state index contributed by atoms with van der Waals surface area (Å²) in [6.45, 7) is 0. The zero-order valence-electron chi connectivity index (χ0n) is 16.0. The lowest BCUT2D eigenvalue weighted by atomic mass is 9.86. The molecule has 0 unspecified atom stereocenters. The van der Waals surface area contributed by atoms with Crippen molar-refractivity contribution in [3.8, 4) is 23.3 Å². The molecule has 0 saturated carbocycles. The van der Waals surface area contributed by atoms with Gasteiger partial charge in [0.2, 0.25) is 11.4 Å². The Hall–Kier alpha value is -3.26. The Bertz CT molecular complexity index is 1080. The summed E-state index contributed by atoms with van der Waals surface area (Å²) in [5.74, 6) is 5.84. The SMILES string of the molecule is COc1ccc(C(=O)[C@@](O)(C#Cc2ccccc2)c2ccccc2Cl)cc1OC. The number of Topliss-reactive ketones (excluding diaryl/α,β-unsaturated/α-hetero) is 1. The summed E-state index contributed by atoms with van der Waals surface area (Å²) in [5.41, 5.74) is -1.05. The van der Waals surface area contributed by atoms with Gasteiger partial charge < -0.3 is 14.6 Å². The minimum absolute atomic E-state index is 0.213. The molecule has 0 heterocycles. The lowest BCUT2D eigenvalue weighted by Gasteiger charge is -2.23. The molecule has 0 aliphatic rings. The fourth-order valence-electron chi connectivity index (χ4n) is 2.87. The lowest BCUT2D eigenvalue weighted by Crippen LogP contribution is -2.34. The molecule has 3 aromatic carbocycles. The summed E-state index contributed by atoms with van der Waals surface area (Å²) in [6, 6.07) is 20.4. The van der Waals surface area contributed by atoms with Gasteiger partial charge in [-0.3, -0.25) is 4.79 Å². The number of hydrogen-bond donors (Lipinski definition) is 1. The molecule has 0 amide bonds. The van der Waals surface area contributed by atoms with Crippen molar-refractivity contribution in [2.45, 2.75) is 5.60 Å². The van der Waals surface area contributed by atoms with Crippen molar-refractivity contribution in [2.75, 3.05) is 14.2 Å². The second-order valence-electron chi connectivity index (χ2n) is 6.21. The molecular weight excluding hydrogens is 388 g/mol. The van der Waals surface area contributed by atoms with Crippen LogP contribution in [0.15, 0.2) is 72.8 Å². The molecule has 4 nitrogen and oxygen atoms in total. The highest BCUT2D eigenvalue weighted by atomic mass is 35.5. The highest BCUT2D eigenvalue weighted by molar-refractivity contribution is 6.32. The number of carbonyl (C=O) groups excluding carboxylic acids is 1. The zero-order chi connectivity index (χ0) is 20.9. The van der Waals surface area contributed by atoms with Gasteiger partial charge in [-0.05, 0) is 42.3 Å². The molecule has 3 rings (SSSR count). The Morgan fingerprint density at radius 1 is 0.931 bits per heavy atom. The minimum Gasteiger partial charge on any atom is -0.493 e. The van der Waals surface area contributed by atoms with Crippen LogP contribution in [0.1, 0.15) is 21.5 Å². The molecule has 0 aromatic heterocycles. The summed E-state index contributed by atoms with van der Waals surface area (Å²) >= 11 is 6.30. The number of rotatable bonds is 5. The minimum atomic E-state index is -2.15. The van der Waals surface area contributed by atoms with Crippen LogP contribution in [0.4, 0.5) is 0 Å². The molecule has 1 N–H and O–H groups in total. The van der Waals surface area contributed by atoms with Gasteiger partial charge in [-0.25, -0.2) is 0 Å². The maximum absolute atomic E-state index is 13.4. The normalized spacial score (nSPS) is 12.3. The van der Waals surface area contributed by atoms with E-state index >= 15 is 0 Å². The second-order valence-corrected chi connectivity index (χ2v) is 6.61. The van der Waals surface area contributed by atoms with Crippen LogP contribution in [0.2, 0.25) is 5.02 Å². The number of carbonyl (C=O) groups is 1. The molecule has 3 aromatic rings. The summed E-state index contributed by atoms with van der Waals surface area (Å²) in [4.78, 5) is 13.4. The predicted molar refractivity (Wildman–Crippen MR) is 113 cm³/mol. The third-order valence-corrected chi connectivity index (χ3v) is 4.73. The van der Waals surface area contributed by atoms with E-state index in [9.17, 15) is 9.90 Å². The van der Waals surface area contributed by atoms with Gasteiger partial charge >= 0.3 is 0 Å². The van der Waals surface area contributed by atoms with Crippen molar-refractivity contribution >= 4 is 17.4 Å². The first-order chi connectivity index (χ1) is 14.0. The van der Waals surface area contributed by atoms with Crippen molar-refractivity contribution < 1.29 is 19.4 Å². The van der Waals surface area contributed by atoms with E-state index in [0.717, 1.165) is 0 Å². The van der Waals surface area contributed by atoms with Gasteiger partial charge in [0, 0.05) is 21.7 Å². The van der Waals surface area contributed by atoms with Crippen LogP contribution in [-0.4, -0.2) is 25.1 Å². The highest BCUT2D eigenvalue weighted by Crippen LogP contribution is 2.34. The lowest BCUT2D eigenvalue weighted by molar-refractivity contribution is 0.0554. The van der Waals surface area contributed by atoms with Crippen molar-refractivity contribution in [2.24, 2.45) is 0 Å². The van der Waals surface area contributed by atoms with Crippen LogP contribution in [0, 0.1) is 11.8 Å². The highest BCUT2D eigenvalue weighted by Gasteiger charge is 2.39. The fourth-order valence-corrected chi connectivity index (χ4v) is 3.14. The first kappa shape index (κ1) is 20.5. The predicted octanol–water partition coefficient (Wildman–Crippen LogP) is 4.48. The van der Waals surface area contributed by atoms with Crippen LogP contribution in [0.25, 0.3) is 0 Å². The van der Waals surface area contributed by atoms with E-state index in [-0.39, 0.29) is 16.1 Å². The van der Waals surface area contributed by atoms with Gasteiger partial charge in [-0.2, -0.15) is 0 Å². The molecule has 29 heavy (non-hydrogen) atoms. The molecular formula is C24H19ClO4. The first-order valence-corrected chi connectivity index (χ1v) is 9.20. The van der Waals surface area contributed by atoms with Crippen LogP contribution < -0.4 is 9.47 Å². The number of methoxy groups -OCH3 is 2. The summed E-state index contributed by atoms with van der Waals surface area (Å²) in [6.07, 6.45) is 0. The molecule has 0 spiro atoms. The van der Waals surface area contributed by atoms with Crippen molar-refractivity contribution in [1.82, 2.24) is 0 Å². The molecule has 146 valence electrons. The Labute approximate surface area is 174 Å². The van der Waals surface area contributed by atoms with E-state index in [1.54, 1.807) is 48.5 Å². The summed E-state index contributed by atoms with van der Waals surface area (Å²) in [5, 5.41) is 11.7. The maximum atomic E-state index is 13.4. The van der Waals surface area contributed by atoms with Crippen molar-refractivity contribution in [1.29, 1.82) is 0 Å². The maximum Gasteiger partial charge on any atom is 0.216 e. The number of halogens is 1. The molecule has 1 atom stereocenters.